The van der Waals surface area contributed by atoms with Crippen molar-refractivity contribution in [1.82, 2.24) is 9.21 Å². The minimum atomic E-state index is -3.64. The number of rotatable bonds is 9. The molecule has 33 heavy (non-hydrogen) atoms. The lowest BCUT2D eigenvalue weighted by Gasteiger charge is -2.27. The monoisotopic (exact) mass is 473 g/mol. The van der Waals surface area contributed by atoms with Gasteiger partial charge in [-0.15, -0.1) is 0 Å². The number of carbonyl (C=O) groups is 1. The van der Waals surface area contributed by atoms with E-state index in [9.17, 15) is 13.2 Å². The molecule has 1 saturated heterocycles. The number of hydrogen-bond acceptors (Lipinski definition) is 6. The van der Waals surface area contributed by atoms with Crippen molar-refractivity contribution in [2.75, 3.05) is 45.3 Å². The van der Waals surface area contributed by atoms with Crippen molar-refractivity contribution in [2.45, 2.75) is 37.2 Å². The predicted molar refractivity (Wildman–Crippen MR) is 126 cm³/mol. The van der Waals surface area contributed by atoms with Gasteiger partial charge in [0.2, 0.25) is 15.9 Å². The number of carbonyl (C=O) groups excluding carboxylic acids is 1. The molecule has 1 heterocycles. The second-order valence-corrected chi connectivity index (χ2v) is 10.4. The normalized spacial score (nSPS) is 17.2. The van der Waals surface area contributed by atoms with Gasteiger partial charge in [-0.2, -0.15) is 4.31 Å². The number of anilines is 1. The zero-order valence-corrected chi connectivity index (χ0v) is 19.9. The number of aryl methyl sites for hydroxylation is 1. The summed E-state index contributed by atoms with van der Waals surface area (Å²) in [6.45, 7) is 4.13. The maximum atomic E-state index is 13.1. The summed E-state index contributed by atoms with van der Waals surface area (Å²) in [5.74, 6) is 0.644. The molecule has 1 amide bonds. The Morgan fingerprint density at radius 2 is 1.85 bits per heavy atom. The Labute approximate surface area is 195 Å². The van der Waals surface area contributed by atoms with Crippen molar-refractivity contribution in [3.8, 4) is 5.75 Å². The first-order valence-electron chi connectivity index (χ1n) is 11.2. The predicted octanol–water partition coefficient (Wildman–Crippen LogP) is 2.63. The molecule has 0 unspecified atom stereocenters. The lowest BCUT2D eigenvalue weighted by atomic mass is 10.2. The van der Waals surface area contributed by atoms with Crippen molar-refractivity contribution >= 4 is 21.6 Å². The van der Waals surface area contributed by atoms with E-state index < -0.39 is 10.0 Å². The fourth-order valence-corrected chi connectivity index (χ4v) is 5.64. The van der Waals surface area contributed by atoms with E-state index in [0.29, 0.717) is 50.1 Å². The SMILES string of the molecule is COc1ccc(CN(CC(=O)Nc2ccc(C)c(S(=O)(=O)N3CCOCC3)c2)C2CC2)cc1. The Morgan fingerprint density at radius 1 is 1.15 bits per heavy atom. The molecular formula is C24H31N3O5S. The molecule has 0 spiro atoms. The number of sulfonamides is 1. The summed E-state index contributed by atoms with van der Waals surface area (Å²) in [5, 5.41) is 2.89. The first-order chi connectivity index (χ1) is 15.9. The molecule has 2 aromatic rings. The van der Waals surface area contributed by atoms with Crippen LogP contribution in [0.15, 0.2) is 47.4 Å². The van der Waals surface area contributed by atoms with E-state index in [1.54, 1.807) is 32.2 Å². The third-order valence-electron chi connectivity index (χ3n) is 6.01. The number of amides is 1. The van der Waals surface area contributed by atoms with E-state index in [0.717, 1.165) is 24.2 Å². The van der Waals surface area contributed by atoms with Gasteiger partial charge in [0.25, 0.3) is 0 Å². The number of nitrogens with zero attached hydrogens (tertiary/aromatic N) is 2. The second-order valence-electron chi connectivity index (χ2n) is 8.53. The van der Waals surface area contributed by atoms with Crippen molar-refractivity contribution < 1.29 is 22.7 Å². The summed E-state index contributed by atoms with van der Waals surface area (Å²) < 4.78 is 38.2. The molecule has 2 fully saturated rings. The molecule has 178 valence electrons. The molecule has 1 aliphatic carbocycles. The number of nitrogens with one attached hydrogen (secondary N) is 1. The highest BCUT2D eigenvalue weighted by Crippen LogP contribution is 2.29. The van der Waals surface area contributed by atoms with E-state index in [-0.39, 0.29) is 17.3 Å². The van der Waals surface area contributed by atoms with Gasteiger partial charge >= 0.3 is 0 Å². The Balaban J connectivity index is 1.43. The van der Waals surface area contributed by atoms with Crippen LogP contribution in [0, 0.1) is 6.92 Å². The third-order valence-corrected chi connectivity index (χ3v) is 8.06. The van der Waals surface area contributed by atoms with Gasteiger partial charge < -0.3 is 14.8 Å². The Bertz CT molecular complexity index is 1080. The van der Waals surface area contributed by atoms with Gasteiger partial charge in [0.1, 0.15) is 5.75 Å². The van der Waals surface area contributed by atoms with Gasteiger partial charge in [0, 0.05) is 31.4 Å². The number of ether oxygens (including phenoxy) is 2. The Morgan fingerprint density at radius 3 is 2.48 bits per heavy atom. The topological polar surface area (TPSA) is 88.2 Å². The highest BCUT2D eigenvalue weighted by atomic mass is 32.2. The maximum absolute atomic E-state index is 13.1. The van der Waals surface area contributed by atoms with E-state index in [2.05, 4.69) is 10.2 Å². The van der Waals surface area contributed by atoms with Gasteiger partial charge in [-0.3, -0.25) is 9.69 Å². The average Bonchev–Trinajstić information content (AvgIpc) is 3.66. The van der Waals surface area contributed by atoms with Gasteiger partial charge in [-0.05, 0) is 55.2 Å². The molecule has 4 rings (SSSR count). The minimum Gasteiger partial charge on any atom is -0.497 e. The number of morpholine rings is 1. The quantitative estimate of drug-likeness (QED) is 0.602. The fraction of sp³-hybridized carbons (Fsp3) is 0.458. The molecule has 2 aromatic carbocycles. The van der Waals surface area contributed by atoms with Crippen LogP contribution >= 0.6 is 0 Å². The van der Waals surface area contributed by atoms with Crippen LogP contribution < -0.4 is 10.1 Å². The first kappa shape index (κ1) is 23.7. The van der Waals surface area contributed by atoms with Crippen LogP contribution in [0.1, 0.15) is 24.0 Å². The molecule has 9 heteroatoms. The number of benzene rings is 2. The van der Waals surface area contributed by atoms with Crippen LogP contribution in [0.2, 0.25) is 0 Å². The van der Waals surface area contributed by atoms with Gasteiger partial charge in [-0.1, -0.05) is 18.2 Å². The summed E-state index contributed by atoms with van der Waals surface area (Å²) in [7, 11) is -2.01. The molecule has 0 aromatic heterocycles. The molecular weight excluding hydrogens is 442 g/mol. The molecule has 8 nitrogen and oxygen atoms in total. The van der Waals surface area contributed by atoms with E-state index in [4.69, 9.17) is 9.47 Å². The molecule has 0 radical (unpaired) electrons. The summed E-state index contributed by atoms with van der Waals surface area (Å²) in [4.78, 5) is 15.2. The number of methoxy groups -OCH3 is 1. The zero-order valence-electron chi connectivity index (χ0n) is 19.1. The van der Waals surface area contributed by atoms with E-state index in [1.165, 1.54) is 4.31 Å². The maximum Gasteiger partial charge on any atom is 0.243 e. The van der Waals surface area contributed by atoms with E-state index in [1.807, 2.05) is 24.3 Å². The number of hydrogen-bond donors (Lipinski definition) is 1. The van der Waals surface area contributed by atoms with Crippen molar-refractivity contribution in [2.24, 2.45) is 0 Å². The summed E-state index contributed by atoms with van der Waals surface area (Å²) in [5.41, 5.74) is 2.25. The van der Waals surface area contributed by atoms with Crippen molar-refractivity contribution in [1.29, 1.82) is 0 Å². The van der Waals surface area contributed by atoms with Gasteiger partial charge in [-0.25, -0.2) is 8.42 Å². The minimum absolute atomic E-state index is 0.158. The van der Waals surface area contributed by atoms with Crippen LogP contribution in [0.25, 0.3) is 0 Å². The summed E-state index contributed by atoms with van der Waals surface area (Å²) >= 11 is 0. The van der Waals surface area contributed by atoms with Crippen LogP contribution in [-0.2, 0) is 26.1 Å². The summed E-state index contributed by atoms with van der Waals surface area (Å²) in [6, 6.07) is 13.3. The van der Waals surface area contributed by atoms with E-state index >= 15 is 0 Å². The van der Waals surface area contributed by atoms with Gasteiger partial charge in [0.15, 0.2) is 0 Å². The smallest absolute Gasteiger partial charge is 0.243 e. The fourth-order valence-electron chi connectivity index (χ4n) is 3.99. The zero-order chi connectivity index (χ0) is 23.4. The first-order valence-corrected chi connectivity index (χ1v) is 12.7. The highest BCUT2D eigenvalue weighted by Gasteiger charge is 2.31. The third kappa shape index (κ3) is 5.92. The standard InChI is InChI=1S/C24H31N3O5S/c1-18-3-6-20(15-23(18)33(29,30)27-11-13-32-14-12-27)25-24(28)17-26(21-7-8-21)16-19-4-9-22(31-2)10-5-19/h3-6,9-10,15,21H,7-8,11-14,16-17H2,1-2H3,(H,25,28). The lowest BCUT2D eigenvalue weighted by Crippen LogP contribution is -2.40. The highest BCUT2D eigenvalue weighted by molar-refractivity contribution is 7.89. The second kappa shape index (κ2) is 10.2. The van der Waals surface area contributed by atoms with Crippen LogP contribution in [-0.4, -0.2) is 69.5 Å². The molecule has 2 aliphatic rings. The average molecular weight is 474 g/mol. The van der Waals surface area contributed by atoms with Crippen LogP contribution in [0.3, 0.4) is 0 Å². The molecule has 1 aliphatic heterocycles. The molecule has 1 saturated carbocycles. The van der Waals surface area contributed by atoms with Gasteiger partial charge in [0.05, 0.1) is 31.8 Å². The van der Waals surface area contributed by atoms with Crippen molar-refractivity contribution in [3.05, 3.63) is 53.6 Å². The molecule has 0 bridgehead atoms. The summed E-state index contributed by atoms with van der Waals surface area (Å²) in [6.07, 6.45) is 2.16. The Kier molecular flexibility index (Phi) is 7.33. The molecule has 1 N–H and O–H groups in total. The molecule has 0 atom stereocenters. The Hall–Kier alpha value is -2.46. The van der Waals surface area contributed by atoms with Crippen molar-refractivity contribution in [3.63, 3.8) is 0 Å². The van der Waals surface area contributed by atoms with Crippen LogP contribution in [0.5, 0.6) is 5.75 Å². The largest absolute Gasteiger partial charge is 0.497 e. The lowest BCUT2D eigenvalue weighted by molar-refractivity contribution is -0.117. The van der Waals surface area contributed by atoms with Crippen LogP contribution in [0.4, 0.5) is 5.69 Å².